The van der Waals surface area contributed by atoms with Gasteiger partial charge in [0.2, 0.25) is 5.72 Å². The van der Waals surface area contributed by atoms with Crippen LogP contribution < -0.4 is 10.6 Å². The molecule has 1 aliphatic heterocycles. The van der Waals surface area contributed by atoms with Gasteiger partial charge >= 0.3 is 6.18 Å². The summed E-state index contributed by atoms with van der Waals surface area (Å²) in [5.74, 6) is -2.89. The molecular formula is C16H13F3N2O3S2. The number of nitrogens with one attached hydrogen (secondary N) is 2. The van der Waals surface area contributed by atoms with Gasteiger partial charge in [0.1, 0.15) is 11.7 Å². The van der Waals surface area contributed by atoms with Crippen LogP contribution in [0.25, 0.3) is 0 Å². The Morgan fingerprint density at radius 1 is 1.23 bits per heavy atom. The van der Waals surface area contributed by atoms with E-state index < -0.39 is 34.8 Å². The Kier molecular flexibility index (Phi) is 4.67. The van der Waals surface area contributed by atoms with Crippen LogP contribution in [0.1, 0.15) is 21.3 Å². The number of ketones is 1. The average Bonchev–Trinajstić information content (AvgIpc) is 3.08. The van der Waals surface area contributed by atoms with Crippen LogP contribution in [0.2, 0.25) is 0 Å². The first-order valence-electron chi connectivity index (χ1n) is 7.38. The Morgan fingerprint density at radius 3 is 2.42 bits per heavy atom. The van der Waals surface area contributed by atoms with Gasteiger partial charge in [-0.25, -0.2) is 0 Å². The molecule has 138 valence electrons. The summed E-state index contributed by atoms with van der Waals surface area (Å²) >= 11 is 5.81. The molecule has 4 N–H and O–H groups in total. The highest BCUT2D eigenvalue weighted by atomic mass is 32.1. The fourth-order valence-electron chi connectivity index (χ4n) is 2.87. The maximum Gasteiger partial charge on any atom is 0.437 e. The number of Topliss-reactive ketones (excluding diaryl/α,β-unsaturated/α-hetero) is 1. The first-order chi connectivity index (χ1) is 12.1. The fourth-order valence-corrected chi connectivity index (χ4v) is 3.86. The number of thiophene rings is 1. The zero-order chi connectivity index (χ0) is 19.1. The van der Waals surface area contributed by atoms with Gasteiger partial charge in [-0.2, -0.15) is 13.2 Å². The normalized spacial score (nSPS) is 26.1. The summed E-state index contributed by atoms with van der Waals surface area (Å²) in [4.78, 5) is 12.9. The van der Waals surface area contributed by atoms with Gasteiger partial charge in [-0.3, -0.25) is 4.79 Å². The topological polar surface area (TPSA) is 81.6 Å². The van der Waals surface area contributed by atoms with Crippen molar-refractivity contribution in [2.45, 2.75) is 17.9 Å². The lowest BCUT2D eigenvalue weighted by atomic mass is 9.79. The SMILES string of the molecule is O=C(c1cccs1)[C@@H]1[C@H](c2ccc(O)cc2)NC(=S)N[C@]1(O)C(F)(F)F. The number of carbonyl (C=O) groups is 1. The standard InChI is InChI=1S/C16H13F3N2O3S2/c17-16(18,19)15(24)11(13(23)10-2-1-7-26-10)12(20-14(25)21-15)8-3-5-9(22)6-4-8/h1-7,11-12,22,24H,(H2,20,21,25)/t11-,12-,15+/m0/s1. The fraction of sp³-hybridized carbons (Fsp3) is 0.250. The number of hydrogen-bond acceptors (Lipinski definition) is 5. The maximum atomic E-state index is 13.7. The molecule has 10 heteroatoms. The van der Waals surface area contributed by atoms with Crippen LogP contribution in [0.15, 0.2) is 41.8 Å². The molecule has 1 aromatic heterocycles. The molecule has 1 fully saturated rings. The van der Waals surface area contributed by atoms with E-state index in [1.807, 2.05) is 5.32 Å². The van der Waals surface area contributed by atoms with Crippen LogP contribution >= 0.6 is 23.6 Å². The minimum absolute atomic E-state index is 0.0814. The molecule has 26 heavy (non-hydrogen) atoms. The van der Waals surface area contributed by atoms with Crippen molar-refractivity contribution in [3.63, 3.8) is 0 Å². The van der Waals surface area contributed by atoms with Gasteiger partial charge in [-0.05, 0) is 41.4 Å². The molecule has 0 unspecified atom stereocenters. The second-order valence-corrected chi connectivity index (χ2v) is 7.11. The molecule has 1 aromatic carbocycles. The molecular weight excluding hydrogens is 389 g/mol. The summed E-state index contributed by atoms with van der Waals surface area (Å²) in [5, 5.41) is 25.5. The summed E-state index contributed by atoms with van der Waals surface area (Å²) in [6, 6.07) is 6.98. The van der Waals surface area contributed by atoms with Crippen molar-refractivity contribution in [3.05, 3.63) is 52.2 Å². The van der Waals surface area contributed by atoms with Gasteiger partial charge in [-0.15, -0.1) is 11.3 Å². The molecule has 0 aliphatic carbocycles. The summed E-state index contributed by atoms with van der Waals surface area (Å²) in [6.07, 6.45) is -5.16. The zero-order valence-corrected chi connectivity index (χ0v) is 14.6. The molecule has 0 radical (unpaired) electrons. The minimum atomic E-state index is -5.16. The molecule has 1 aliphatic rings. The van der Waals surface area contributed by atoms with Crippen molar-refractivity contribution in [1.82, 2.24) is 10.6 Å². The Labute approximate surface area is 155 Å². The van der Waals surface area contributed by atoms with Crippen LogP contribution in [0.3, 0.4) is 0 Å². The van der Waals surface area contributed by atoms with Crippen molar-refractivity contribution in [2.75, 3.05) is 0 Å². The number of alkyl halides is 3. The lowest BCUT2D eigenvalue weighted by molar-refractivity contribution is -0.285. The van der Waals surface area contributed by atoms with E-state index >= 15 is 0 Å². The van der Waals surface area contributed by atoms with Gasteiger partial charge in [0.15, 0.2) is 10.9 Å². The zero-order valence-electron chi connectivity index (χ0n) is 12.9. The lowest BCUT2D eigenvalue weighted by Gasteiger charge is -2.46. The third-order valence-corrected chi connectivity index (χ3v) is 5.21. The number of halogens is 3. The molecule has 2 aromatic rings. The van der Waals surface area contributed by atoms with E-state index in [-0.39, 0.29) is 16.2 Å². The Morgan fingerprint density at radius 2 is 1.88 bits per heavy atom. The van der Waals surface area contributed by atoms with E-state index in [1.54, 1.807) is 5.38 Å². The summed E-state index contributed by atoms with van der Waals surface area (Å²) in [5.41, 5.74) is -3.27. The smallest absolute Gasteiger partial charge is 0.437 e. The van der Waals surface area contributed by atoms with Crippen molar-refractivity contribution < 1.29 is 28.2 Å². The maximum absolute atomic E-state index is 13.7. The molecule has 5 nitrogen and oxygen atoms in total. The number of phenolic OH excluding ortho intramolecular Hbond substituents is 1. The molecule has 2 heterocycles. The second-order valence-electron chi connectivity index (χ2n) is 5.75. The van der Waals surface area contributed by atoms with Gasteiger partial charge in [0, 0.05) is 0 Å². The molecule has 0 saturated carbocycles. The lowest BCUT2D eigenvalue weighted by Crippen LogP contribution is -2.72. The first-order valence-corrected chi connectivity index (χ1v) is 8.66. The van der Waals surface area contributed by atoms with Gasteiger partial charge in [0.05, 0.1) is 10.9 Å². The van der Waals surface area contributed by atoms with Crippen molar-refractivity contribution in [3.8, 4) is 5.75 Å². The predicted molar refractivity (Wildman–Crippen MR) is 92.9 cm³/mol. The minimum Gasteiger partial charge on any atom is -0.508 e. The van der Waals surface area contributed by atoms with Crippen LogP contribution in [-0.4, -0.2) is 33.0 Å². The summed E-state index contributed by atoms with van der Waals surface area (Å²) in [7, 11) is 0. The monoisotopic (exact) mass is 402 g/mol. The number of aliphatic hydroxyl groups is 1. The highest BCUT2D eigenvalue weighted by Crippen LogP contribution is 2.44. The van der Waals surface area contributed by atoms with Crippen LogP contribution in [-0.2, 0) is 0 Å². The second kappa shape index (κ2) is 6.53. The molecule has 3 atom stereocenters. The van der Waals surface area contributed by atoms with E-state index in [0.29, 0.717) is 0 Å². The van der Waals surface area contributed by atoms with Crippen LogP contribution in [0.4, 0.5) is 13.2 Å². The number of phenols is 1. The van der Waals surface area contributed by atoms with Crippen LogP contribution in [0, 0.1) is 5.92 Å². The number of thiocarbonyl (C=S) groups is 1. The van der Waals surface area contributed by atoms with Crippen molar-refractivity contribution in [2.24, 2.45) is 5.92 Å². The summed E-state index contributed by atoms with van der Waals surface area (Å²) < 4.78 is 41.1. The highest BCUT2D eigenvalue weighted by molar-refractivity contribution is 7.80. The highest BCUT2D eigenvalue weighted by Gasteiger charge is 2.65. The third kappa shape index (κ3) is 3.15. The van der Waals surface area contributed by atoms with E-state index in [9.17, 15) is 28.2 Å². The Bertz CT molecular complexity index is 824. The molecule has 0 amide bonds. The third-order valence-electron chi connectivity index (χ3n) is 4.10. The van der Waals surface area contributed by atoms with E-state index in [0.717, 1.165) is 11.3 Å². The largest absolute Gasteiger partial charge is 0.508 e. The molecule has 1 saturated heterocycles. The van der Waals surface area contributed by atoms with Gasteiger partial charge in [0.25, 0.3) is 0 Å². The Balaban J connectivity index is 2.14. The Hall–Kier alpha value is -2.17. The summed E-state index contributed by atoms with van der Waals surface area (Å²) in [6.45, 7) is 0. The van der Waals surface area contributed by atoms with E-state index in [1.165, 1.54) is 36.4 Å². The number of carbonyl (C=O) groups excluding carboxylic acids is 1. The van der Waals surface area contributed by atoms with Crippen molar-refractivity contribution in [1.29, 1.82) is 0 Å². The average molecular weight is 402 g/mol. The van der Waals surface area contributed by atoms with Crippen LogP contribution in [0.5, 0.6) is 5.75 Å². The first kappa shape index (κ1) is 18.6. The number of benzene rings is 1. The van der Waals surface area contributed by atoms with E-state index in [4.69, 9.17) is 12.2 Å². The number of rotatable bonds is 3. The molecule has 0 bridgehead atoms. The van der Waals surface area contributed by atoms with Crippen molar-refractivity contribution >= 4 is 34.5 Å². The predicted octanol–water partition coefficient (Wildman–Crippen LogP) is 2.72. The number of hydrogen-bond donors (Lipinski definition) is 4. The molecule has 0 spiro atoms. The molecule has 3 rings (SSSR count). The van der Waals surface area contributed by atoms with Gasteiger partial charge in [-0.1, -0.05) is 18.2 Å². The number of aromatic hydroxyl groups is 1. The van der Waals surface area contributed by atoms with Gasteiger partial charge < -0.3 is 20.8 Å². The van der Waals surface area contributed by atoms with E-state index in [2.05, 4.69) is 5.32 Å². The quantitative estimate of drug-likeness (QED) is 0.467.